The first-order valence-corrected chi connectivity index (χ1v) is 13.0. The summed E-state index contributed by atoms with van der Waals surface area (Å²) in [6, 6.07) is 10.0. The van der Waals surface area contributed by atoms with Gasteiger partial charge in [0.1, 0.15) is 0 Å². The summed E-state index contributed by atoms with van der Waals surface area (Å²) in [4.78, 5) is 10.6. The van der Waals surface area contributed by atoms with E-state index < -0.39 is 12.1 Å². The van der Waals surface area contributed by atoms with E-state index in [1.807, 2.05) is 42.5 Å². The molecule has 0 amide bonds. The molecule has 35 heavy (non-hydrogen) atoms. The van der Waals surface area contributed by atoms with Crippen LogP contribution in [-0.2, 0) is 9.53 Å². The minimum atomic E-state index is -0.779. The van der Waals surface area contributed by atoms with Crippen LogP contribution < -0.4 is 0 Å². The maximum atomic E-state index is 10.9. The van der Waals surface area contributed by atoms with E-state index in [0.717, 1.165) is 37.7 Å². The monoisotopic (exact) mass is 476 g/mol. The molecule has 2 N–H and O–H groups in total. The van der Waals surface area contributed by atoms with Crippen LogP contribution >= 0.6 is 0 Å². The van der Waals surface area contributed by atoms with E-state index in [2.05, 4.69) is 37.0 Å². The number of ether oxygens (including phenoxy) is 1. The van der Waals surface area contributed by atoms with Crippen LogP contribution in [0, 0.1) is 22.7 Å². The Morgan fingerprint density at radius 2 is 1.94 bits per heavy atom. The van der Waals surface area contributed by atoms with E-state index in [1.165, 1.54) is 18.4 Å². The average molecular weight is 477 g/mol. The number of carboxylic acids is 1. The van der Waals surface area contributed by atoms with Crippen molar-refractivity contribution in [3.63, 3.8) is 0 Å². The van der Waals surface area contributed by atoms with Gasteiger partial charge in [-0.2, -0.15) is 0 Å². The molecule has 2 aliphatic carbocycles. The molecule has 1 aromatic carbocycles. The maximum Gasteiger partial charge on any atom is 0.303 e. The van der Waals surface area contributed by atoms with Gasteiger partial charge in [0.05, 0.1) is 12.7 Å². The third-order valence-electron chi connectivity index (χ3n) is 7.55. The second-order valence-corrected chi connectivity index (χ2v) is 10.2. The summed E-state index contributed by atoms with van der Waals surface area (Å²) in [7, 11) is 0. The number of hydrogen-bond donors (Lipinski definition) is 2. The Balaban J connectivity index is 1.53. The van der Waals surface area contributed by atoms with Crippen molar-refractivity contribution < 1.29 is 19.7 Å². The summed E-state index contributed by atoms with van der Waals surface area (Å²) in [6.45, 7) is 3.27. The topological polar surface area (TPSA) is 66.8 Å². The number of hydrogen-bond acceptors (Lipinski definition) is 3. The van der Waals surface area contributed by atoms with Crippen molar-refractivity contribution in [1.82, 2.24) is 0 Å². The second-order valence-electron chi connectivity index (χ2n) is 10.2. The molecule has 4 heteroatoms. The number of carboxylic acid groups (broad SMARTS) is 1. The quantitative estimate of drug-likeness (QED) is 0.166. The van der Waals surface area contributed by atoms with Gasteiger partial charge in [0.25, 0.3) is 0 Å². The highest BCUT2D eigenvalue weighted by molar-refractivity contribution is 5.66. The molecular formula is C31H40O4. The highest BCUT2D eigenvalue weighted by Crippen LogP contribution is 2.47. The smallest absolute Gasteiger partial charge is 0.303 e. The number of allylic oxidation sites excluding steroid dienone is 4. The third kappa shape index (κ3) is 8.23. The van der Waals surface area contributed by atoms with Crippen LogP contribution in [0.4, 0.5) is 0 Å². The van der Waals surface area contributed by atoms with Gasteiger partial charge in [0.2, 0.25) is 0 Å². The van der Waals surface area contributed by atoms with Crippen LogP contribution in [0.1, 0.15) is 76.7 Å². The van der Waals surface area contributed by atoms with Crippen LogP contribution in [0.2, 0.25) is 0 Å². The molecule has 0 radical (unpaired) electrons. The van der Waals surface area contributed by atoms with Gasteiger partial charge < -0.3 is 14.9 Å². The molecular weight excluding hydrogens is 436 g/mol. The second kappa shape index (κ2) is 13.5. The Kier molecular flexibility index (Phi) is 10.4. The summed E-state index contributed by atoms with van der Waals surface area (Å²) >= 11 is 0. The molecule has 0 heterocycles. The van der Waals surface area contributed by atoms with E-state index in [0.29, 0.717) is 26.1 Å². The molecule has 0 aromatic heterocycles. The lowest BCUT2D eigenvalue weighted by atomic mass is 9.63. The highest BCUT2D eigenvalue weighted by Gasteiger charge is 2.41. The van der Waals surface area contributed by atoms with Crippen molar-refractivity contribution in [3.05, 3.63) is 71.8 Å². The summed E-state index contributed by atoms with van der Waals surface area (Å²) in [5.41, 5.74) is 2.28. The Bertz CT molecular complexity index is 959. The lowest BCUT2D eigenvalue weighted by Crippen LogP contribution is -2.40. The largest absolute Gasteiger partial charge is 0.481 e. The van der Waals surface area contributed by atoms with Gasteiger partial charge in [-0.05, 0) is 50.7 Å². The van der Waals surface area contributed by atoms with Gasteiger partial charge in [0, 0.05) is 35.8 Å². The Labute approximate surface area is 210 Å². The van der Waals surface area contributed by atoms with E-state index >= 15 is 0 Å². The van der Waals surface area contributed by atoms with Gasteiger partial charge in [-0.1, -0.05) is 85.8 Å². The Morgan fingerprint density at radius 3 is 2.66 bits per heavy atom. The number of aliphatic hydroxyl groups is 1. The molecule has 2 fully saturated rings. The first-order valence-electron chi connectivity index (χ1n) is 13.0. The van der Waals surface area contributed by atoms with Crippen LogP contribution in [0.5, 0.6) is 0 Å². The molecule has 0 bridgehead atoms. The van der Waals surface area contributed by atoms with Crippen molar-refractivity contribution in [2.45, 2.75) is 77.2 Å². The average Bonchev–Trinajstić information content (AvgIpc) is 2.82. The fourth-order valence-electron chi connectivity index (χ4n) is 5.04. The van der Waals surface area contributed by atoms with Gasteiger partial charge in [0.15, 0.2) is 0 Å². The van der Waals surface area contributed by atoms with Gasteiger partial charge >= 0.3 is 5.97 Å². The lowest BCUT2D eigenvalue weighted by molar-refractivity contribution is -0.137. The predicted octanol–water partition coefficient (Wildman–Crippen LogP) is 6.46. The summed E-state index contributed by atoms with van der Waals surface area (Å²) in [5.74, 6) is 5.76. The fourth-order valence-corrected chi connectivity index (χ4v) is 5.04. The SMILES string of the molecule is C[C@@]1(/C=C/C=C/[C@H](O)C2(CC#Cc3ccccc3)CCC2)CCCC/C1=C\COCCCC(=O)O. The number of aliphatic carboxylic acids is 1. The molecule has 4 nitrogen and oxygen atoms in total. The lowest BCUT2D eigenvalue weighted by Gasteiger charge is -2.43. The van der Waals surface area contributed by atoms with Crippen LogP contribution in [0.15, 0.2) is 66.3 Å². The summed E-state index contributed by atoms with van der Waals surface area (Å²) in [5, 5.41) is 19.7. The maximum absolute atomic E-state index is 10.9. The highest BCUT2D eigenvalue weighted by atomic mass is 16.5. The molecule has 1 aromatic rings. The first-order chi connectivity index (χ1) is 16.9. The summed E-state index contributed by atoms with van der Waals surface area (Å²) < 4.78 is 5.63. The van der Waals surface area contributed by atoms with Crippen molar-refractivity contribution in [2.75, 3.05) is 13.2 Å². The standard InChI is InChI=1S/C31H40O4/c1-30(19-7-5-15-27(30)18-25-35-24-10-17-29(33)34)20-8-6-16-28(32)31(22-11-23-31)21-9-14-26-12-3-2-4-13-26/h2-4,6,8,12-13,16,18,20,28,32H,5,7,10-11,15,17,19,21-25H2,1H3,(H,33,34)/b16-6+,20-8+,27-18+/t28-,30-/m0/s1. The van der Waals surface area contributed by atoms with Crippen molar-refractivity contribution in [2.24, 2.45) is 10.8 Å². The van der Waals surface area contributed by atoms with E-state index in [9.17, 15) is 9.90 Å². The zero-order chi connectivity index (χ0) is 25.0. The zero-order valence-electron chi connectivity index (χ0n) is 21.0. The van der Waals surface area contributed by atoms with Crippen molar-refractivity contribution in [3.8, 4) is 11.8 Å². The Hall–Kier alpha value is -2.61. The molecule has 188 valence electrons. The molecule has 0 spiro atoms. The number of aliphatic hydroxyl groups excluding tert-OH is 1. The summed E-state index contributed by atoms with van der Waals surface area (Å²) in [6.07, 6.45) is 19.1. The first kappa shape index (κ1) is 27.0. The molecule has 0 saturated heterocycles. The van der Waals surface area contributed by atoms with Crippen molar-refractivity contribution >= 4 is 5.97 Å². The third-order valence-corrected chi connectivity index (χ3v) is 7.55. The van der Waals surface area contributed by atoms with Crippen LogP contribution in [0.3, 0.4) is 0 Å². The number of carbonyl (C=O) groups is 1. The van der Waals surface area contributed by atoms with Gasteiger partial charge in [-0.3, -0.25) is 4.79 Å². The van der Waals surface area contributed by atoms with Gasteiger partial charge in [-0.25, -0.2) is 0 Å². The van der Waals surface area contributed by atoms with E-state index in [-0.39, 0.29) is 17.3 Å². The minimum Gasteiger partial charge on any atom is -0.481 e. The fraction of sp³-hybridized carbons (Fsp3) is 0.516. The zero-order valence-corrected chi connectivity index (χ0v) is 21.0. The van der Waals surface area contributed by atoms with Gasteiger partial charge in [-0.15, -0.1) is 0 Å². The van der Waals surface area contributed by atoms with Crippen LogP contribution in [-0.4, -0.2) is 35.5 Å². The van der Waals surface area contributed by atoms with E-state index in [1.54, 1.807) is 0 Å². The molecule has 3 rings (SSSR count). The van der Waals surface area contributed by atoms with E-state index in [4.69, 9.17) is 9.84 Å². The molecule has 2 aliphatic rings. The predicted molar refractivity (Wildman–Crippen MR) is 141 cm³/mol. The number of rotatable bonds is 11. The molecule has 2 saturated carbocycles. The molecule has 0 unspecified atom stereocenters. The van der Waals surface area contributed by atoms with Crippen molar-refractivity contribution in [1.29, 1.82) is 0 Å². The number of benzene rings is 1. The minimum absolute atomic E-state index is 0.00666. The molecule has 0 aliphatic heterocycles. The normalized spacial score (nSPS) is 23.7. The molecule has 2 atom stereocenters. The van der Waals surface area contributed by atoms with Crippen LogP contribution in [0.25, 0.3) is 0 Å². The Morgan fingerprint density at radius 1 is 1.14 bits per heavy atom.